The molecule has 90 heavy (non-hydrogen) atoms. The maximum absolute atomic E-state index is 15.4. The first-order chi connectivity index (χ1) is 42.8. The molecule has 9 N–H and O–H groups in total. The van der Waals surface area contributed by atoms with Crippen molar-refractivity contribution in [3.05, 3.63) is 118 Å². The number of ether oxygens (including phenoxy) is 2. The molecule has 6 aromatic rings. The van der Waals surface area contributed by atoms with Crippen LogP contribution in [0.25, 0.3) is 21.3 Å². The number of likely N-dealkylation sites (tertiary alicyclic amines) is 2. The SMILES string of the molecule is CC(=O)N(CC[C@H]1CCC(C(=O)NC(CCC(N)=O)COc2cccc(CCCOc3ccon3)c2F)N1C=O)CC(C)NC(=O)c1cc2cc(C(=O)P(=O)(O)O)ccc2[nH]1.CC(C)CC(=O)N1CCC(O)C1.Cc1ncsc1-c1ccc([C@H](C)NC=O)cc1. The molecule has 0 aliphatic carbocycles. The Hall–Kier alpha value is -8.36. The molecule has 2 saturated heterocycles. The number of aryl methyl sites for hydroxylation is 2. The number of amides is 7. The fourth-order valence-electron chi connectivity index (χ4n) is 10.3. The smallest absolute Gasteiger partial charge is 0.396 e. The number of primary amides is 1. The normalized spacial score (nSPS) is 16.4. The van der Waals surface area contributed by atoms with Gasteiger partial charge >= 0.3 is 7.60 Å². The molecule has 2 aliphatic heterocycles. The molecule has 0 bridgehead atoms. The van der Waals surface area contributed by atoms with Gasteiger partial charge in [-0.25, -0.2) is 9.37 Å². The number of hydrogen-bond donors (Lipinski definition) is 8. The van der Waals surface area contributed by atoms with Gasteiger partial charge in [0.1, 0.15) is 24.6 Å². The molecule has 28 heteroatoms. The number of thiazole rings is 1. The number of fused-ring (bicyclic) bond motifs is 1. The second-order valence-electron chi connectivity index (χ2n) is 22.6. The van der Waals surface area contributed by atoms with Crippen molar-refractivity contribution in [3.8, 4) is 22.1 Å². The average molecular weight is 1290 g/mol. The summed E-state index contributed by atoms with van der Waals surface area (Å²) in [5.41, 5.74) is 10.0. The predicted molar refractivity (Wildman–Crippen MR) is 332 cm³/mol. The van der Waals surface area contributed by atoms with Crippen LogP contribution in [0.2, 0.25) is 0 Å². The Morgan fingerprint density at radius 1 is 0.989 bits per heavy atom. The van der Waals surface area contributed by atoms with E-state index in [9.17, 15) is 57.8 Å². The zero-order valence-corrected chi connectivity index (χ0v) is 52.9. The number of H-pyrrole nitrogens is 1. The topological polar surface area (TPSA) is 359 Å². The summed E-state index contributed by atoms with van der Waals surface area (Å²) in [6.45, 7) is 12.8. The number of aliphatic hydroxyl groups excluding tert-OH is 1. The first-order valence-electron chi connectivity index (χ1n) is 29.6. The van der Waals surface area contributed by atoms with Crippen LogP contribution in [0, 0.1) is 18.7 Å². The van der Waals surface area contributed by atoms with Crippen molar-refractivity contribution in [1.82, 2.24) is 45.8 Å². The van der Waals surface area contributed by atoms with Crippen molar-refractivity contribution in [2.45, 2.75) is 136 Å². The maximum atomic E-state index is 15.4. The number of carbonyl (C=O) groups excluding carboxylic acids is 8. The van der Waals surface area contributed by atoms with Crippen LogP contribution in [0.15, 0.2) is 89.1 Å². The molecule has 5 heterocycles. The number of aliphatic hydroxyl groups is 1. The Balaban J connectivity index is 0.000000359. The quantitative estimate of drug-likeness (QED) is 0.0144. The van der Waals surface area contributed by atoms with Gasteiger partial charge in [-0.2, -0.15) is 0 Å². The number of rotatable bonds is 29. The first-order valence-corrected chi connectivity index (χ1v) is 32.0. The Kier molecular flexibility index (Phi) is 26.7. The highest BCUT2D eigenvalue weighted by Gasteiger charge is 2.38. The molecule has 4 unspecified atom stereocenters. The number of nitrogens with one attached hydrogen (secondary N) is 4. The van der Waals surface area contributed by atoms with Crippen LogP contribution in [0.3, 0.4) is 0 Å². The molecule has 6 atom stereocenters. The average Bonchev–Trinajstić information content (AvgIpc) is 1.87. The third-order valence-electron chi connectivity index (χ3n) is 15.1. The second-order valence-corrected chi connectivity index (χ2v) is 24.9. The van der Waals surface area contributed by atoms with Crippen molar-refractivity contribution < 1.29 is 76.2 Å². The molecule has 2 aliphatic rings. The lowest BCUT2D eigenvalue weighted by atomic mass is 10.1. The summed E-state index contributed by atoms with van der Waals surface area (Å²) in [4.78, 5) is 129. The molecule has 0 radical (unpaired) electrons. The largest absolute Gasteiger partial charge is 0.488 e. The van der Waals surface area contributed by atoms with Crippen molar-refractivity contribution >= 4 is 77.7 Å². The Morgan fingerprint density at radius 3 is 2.37 bits per heavy atom. The summed E-state index contributed by atoms with van der Waals surface area (Å²) >= 11 is 1.64. The van der Waals surface area contributed by atoms with Gasteiger partial charge in [0.15, 0.2) is 11.6 Å². The standard InChI is InChI=1S/C40H49FN7O12P.C13H14N2OS.C9H17NO2/c1-24(43-38(52)32-20-28-19-27(8-11-31(28)45-32)40(54)61(55,56)57)21-47(25(2)50)16-14-30-10-12-33(48(30)23-49)39(53)44-29(9-13-35(42)51)22-59-34-7-3-5-26(37(34)41)6-4-17-58-36-15-18-60-46-36;1-9(14-7-16)11-3-5-12(6-4-11)13-10(2)15-8-17-13;1-7(2)5-9(12)10-4-3-8(11)6-10/h3,5,7-8,11,15,18-20,23-24,29-30,33,45H,4,6,9-10,12-14,16-17,21-22H2,1-2H3,(H2,42,51)(H,43,52)(H,44,53)(H2,55,56,57);3-9H,1-2H3,(H,14,16);7-8,11H,3-6H2,1-2H3/t24?,29?,30-,33?;9-;/m10./s1. The summed E-state index contributed by atoms with van der Waals surface area (Å²) in [7, 11) is -5.00. The third kappa shape index (κ3) is 21.1. The maximum Gasteiger partial charge on any atom is 0.396 e. The summed E-state index contributed by atoms with van der Waals surface area (Å²) in [6, 6.07) is 17.4. The van der Waals surface area contributed by atoms with Gasteiger partial charge in [0.25, 0.3) is 17.3 Å². The Bertz CT molecular complexity index is 3430. The molecule has 0 spiro atoms. The van der Waals surface area contributed by atoms with Crippen LogP contribution in [-0.2, 0) is 39.8 Å². The zero-order valence-electron chi connectivity index (χ0n) is 51.2. The van der Waals surface area contributed by atoms with Crippen molar-refractivity contribution in [1.29, 1.82) is 0 Å². The van der Waals surface area contributed by atoms with Crippen molar-refractivity contribution in [2.24, 2.45) is 11.7 Å². The minimum atomic E-state index is -5.00. The molecule has 486 valence electrons. The van der Waals surface area contributed by atoms with Crippen LogP contribution in [0.4, 0.5) is 4.39 Å². The van der Waals surface area contributed by atoms with Crippen LogP contribution < -0.4 is 31.2 Å². The van der Waals surface area contributed by atoms with Gasteiger partial charge in [0, 0.05) is 80.6 Å². The van der Waals surface area contributed by atoms with Gasteiger partial charge in [-0.15, -0.1) is 11.3 Å². The molecule has 7 amide bonds. The lowest BCUT2D eigenvalue weighted by Gasteiger charge is -2.30. The van der Waals surface area contributed by atoms with E-state index in [1.165, 1.54) is 63.8 Å². The van der Waals surface area contributed by atoms with E-state index in [1.54, 1.807) is 41.4 Å². The highest BCUT2D eigenvalue weighted by atomic mass is 32.1. The number of hydrogen-bond acceptors (Lipinski definition) is 16. The van der Waals surface area contributed by atoms with Gasteiger partial charge in [0.2, 0.25) is 36.4 Å². The van der Waals surface area contributed by atoms with Crippen molar-refractivity contribution in [2.75, 3.05) is 39.4 Å². The lowest BCUT2D eigenvalue weighted by molar-refractivity contribution is -0.133. The summed E-state index contributed by atoms with van der Waals surface area (Å²) in [5.74, 6) is -1.59. The summed E-state index contributed by atoms with van der Waals surface area (Å²) in [6.07, 6.45) is 5.70. The molecular weight excluding hydrogens is 1210 g/mol. The summed E-state index contributed by atoms with van der Waals surface area (Å²) in [5, 5.41) is 21.6. The molecule has 8 rings (SSSR count). The molecule has 0 saturated carbocycles. The molecule has 25 nitrogen and oxygen atoms in total. The Morgan fingerprint density at radius 2 is 1.74 bits per heavy atom. The van der Waals surface area contributed by atoms with Crippen LogP contribution in [0.5, 0.6) is 11.6 Å². The minimum absolute atomic E-state index is 0.0408. The molecular formula is C62H80FN10O15PS. The van der Waals surface area contributed by atoms with E-state index in [1.807, 2.05) is 45.3 Å². The first kappa shape index (κ1) is 70.7. The summed E-state index contributed by atoms with van der Waals surface area (Å²) < 4.78 is 42.8. The van der Waals surface area contributed by atoms with Gasteiger partial charge in [-0.05, 0) is 124 Å². The molecule has 3 aromatic heterocycles. The monoisotopic (exact) mass is 1290 g/mol. The number of aromatic nitrogens is 3. The highest BCUT2D eigenvalue weighted by molar-refractivity contribution is 7.70. The fourth-order valence-corrected chi connectivity index (χ4v) is 11.6. The van der Waals surface area contributed by atoms with E-state index < -0.39 is 60.8 Å². The lowest BCUT2D eigenvalue weighted by Crippen LogP contribution is -2.50. The van der Waals surface area contributed by atoms with E-state index in [0.29, 0.717) is 79.7 Å². The van der Waals surface area contributed by atoms with Gasteiger partial charge < -0.3 is 70.3 Å². The van der Waals surface area contributed by atoms with E-state index in [0.717, 1.165) is 30.6 Å². The van der Waals surface area contributed by atoms with E-state index in [4.69, 9.17) is 19.7 Å². The molecule has 2 fully saturated rings. The number of β-amino-alcohol motifs (C(OH)–C–C–N with tert-alkyl or cyclic N) is 1. The minimum Gasteiger partial charge on any atom is -0.488 e. The number of carbonyl (C=O) groups is 8. The van der Waals surface area contributed by atoms with Crippen LogP contribution in [0.1, 0.15) is 130 Å². The number of nitrogens with two attached hydrogens (primary N) is 1. The number of aromatic amines is 1. The van der Waals surface area contributed by atoms with Crippen LogP contribution in [-0.4, -0.2) is 162 Å². The number of halogens is 1. The number of benzene rings is 3. The van der Waals surface area contributed by atoms with Gasteiger partial charge in [-0.3, -0.25) is 42.9 Å². The second kappa shape index (κ2) is 34.0. The zero-order chi connectivity index (χ0) is 65.7. The number of nitrogens with zero attached hydrogens (tertiary/aromatic N) is 5. The highest BCUT2D eigenvalue weighted by Crippen LogP contribution is 2.39. The van der Waals surface area contributed by atoms with Gasteiger partial charge in [-0.1, -0.05) is 50.2 Å². The van der Waals surface area contributed by atoms with E-state index in [-0.39, 0.29) is 80.1 Å². The van der Waals surface area contributed by atoms with Crippen LogP contribution >= 0.6 is 18.9 Å². The van der Waals surface area contributed by atoms with E-state index in [2.05, 4.69) is 43.2 Å². The van der Waals surface area contributed by atoms with Crippen molar-refractivity contribution in [3.63, 3.8) is 0 Å². The van der Waals surface area contributed by atoms with E-state index >= 15 is 4.39 Å². The fraction of sp³-hybridized carbons (Fsp3) is 0.452. The van der Waals surface area contributed by atoms with Gasteiger partial charge in [0.05, 0.1) is 40.9 Å². The third-order valence-corrected chi connectivity index (χ3v) is 16.8. The predicted octanol–water partition coefficient (Wildman–Crippen LogP) is 6.35. The Labute approximate surface area is 524 Å². The molecule has 3 aromatic carbocycles.